The molecule has 0 bridgehead atoms. The number of amides is 2. The summed E-state index contributed by atoms with van der Waals surface area (Å²) in [6.45, 7) is 9.89. The molecule has 4 N–H and O–H groups in total. The van der Waals surface area contributed by atoms with Gasteiger partial charge in [-0.1, -0.05) is 24.6 Å². The molecule has 5 rings (SSSR count). The summed E-state index contributed by atoms with van der Waals surface area (Å²) in [5.74, 6) is 0.992. The first-order valence-corrected chi connectivity index (χ1v) is 13.1. The van der Waals surface area contributed by atoms with Gasteiger partial charge in [-0.15, -0.1) is 0 Å². The number of aliphatic hydroxyl groups is 1. The van der Waals surface area contributed by atoms with Crippen molar-refractivity contribution in [1.29, 1.82) is 0 Å². The Morgan fingerprint density at radius 1 is 1.18 bits per heavy atom. The molecule has 0 aliphatic carbocycles. The Bertz CT molecular complexity index is 1320. The van der Waals surface area contributed by atoms with Crippen LogP contribution in [0.4, 0.5) is 0 Å². The second kappa shape index (κ2) is 9.31. The van der Waals surface area contributed by atoms with Gasteiger partial charge < -0.3 is 25.6 Å². The summed E-state index contributed by atoms with van der Waals surface area (Å²) in [5.41, 5.74) is 7.74. The smallest absolute Gasteiger partial charge is 0.251 e. The Hall–Kier alpha value is -3.59. The highest BCUT2D eigenvalue weighted by molar-refractivity contribution is 6.00. The van der Waals surface area contributed by atoms with Crippen LogP contribution in [0.3, 0.4) is 0 Å². The van der Waals surface area contributed by atoms with Crippen LogP contribution in [-0.4, -0.2) is 51.6 Å². The van der Waals surface area contributed by atoms with Crippen LogP contribution in [0.5, 0.6) is 11.5 Å². The van der Waals surface area contributed by atoms with Crippen molar-refractivity contribution in [2.45, 2.75) is 83.2 Å². The number of hydrogen-bond donors (Lipinski definition) is 3. The van der Waals surface area contributed by atoms with Gasteiger partial charge in [0, 0.05) is 23.1 Å². The molecule has 4 atom stereocenters. The van der Waals surface area contributed by atoms with E-state index in [9.17, 15) is 14.7 Å². The number of ether oxygens (including phenoxy) is 2. The maximum atomic E-state index is 13.6. The fourth-order valence-electron chi connectivity index (χ4n) is 5.53. The molecule has 0 fully saturated rings. The number of rotatable bonds is 4. The Morgan fingerprint density at radius 3 is 2.63 bits per heavy atom. The lowest BCUT2D eigenvalue weighted by atomic mass is 9.85. The third-order valence-corrected chi connectivity index (χ3v) is 7.97. The second-order valence-electron chi connectivity index (χ2n) is 11.3. The second-order valence-corrected chi connectivity index (χ2v) is 11.3. The topological polar surface area (TPSA) is 126 Å². The fourth-order valence-corrected chi connectivity index (χ4v) is 5.53. The van der Waals surface area contributed by atoms with Gasteiger partial charge in [-0.2, -0.15) is 0 Å². The van der Waals surface area contributed by atoms with Crippen molar-refractivity contribution in [3.63, 3.8) is 0 Å². The molecule has 0 saturated heterocycles. The number of aryl methyl sites for hydroxylation is 1. The zero-order chi connectivity index (χ0) is 27.4. The first kappa shape index (κ1) is 26.0. The minimum absolute atomic E-state index is 0.0888. The van der Waals surface area contributed by atoms with Gasteiger partial charge in [-0.05, 0) is 58.4 Å². The highest BCUT2D eigenvalue weighted by Crippen LogP contribution is 2.42. The molecule has 202 valence electrons. The van der Waals surface area contributed by atoms with Gasteiger partial charge in [0.1, 0.15) is 23.2 Å². The van der Waals surface area contributed by atoms with Crippen LogP contribution in [0, 0.1) is 6.92 Å². The molecule has 2 amide bonds. The molecule has 0 aromatic heterocycles. The molecule has 3 aliphatic heterocycles. The summed E-state index contributed by atoms with van der Waals surface area (Å²) in [4.78, 5) is 33.0. The highest BCUT2D eigenvalue weighted by Gasteiger charge is 2.44. The number of carbonyl (C=O) groups excluding carboxylic acids is 2. The molecule has 38 heavy (non-hydrogen) atoms. The minimum Gasteiger partial charge on any atom is -0.493 e. The van der Waals surface area contributed by atoms with E-state index in [-0.39, 0.29) is 30.2 Å². The Balaban J connectivity index is 1.46. The number of nitrogens with zero attached hydrogens (tertiary/aromatic N) is 2. The molecule has 3 aliphatic rings. The molecular weight excluding hydrogens is 484 g/mol. The van der Waals surface area contributed by atoms with Crippen molar-refractivity contribution in [3.05, 3.63) is 58.7 Å². The highest BCUT2D eigenvalue weighted by atomic mass is 16.5. The lowest BCUT2D eigenvalue weighted by molar-refractivity contribution is -0.131. The molecule has 0 spiro atoms. The SMILES string of the molecule is CC[C@]1(C)CC(=O)N([C@@H]2CCOc3ccc(C(=O)N[C@@H]4c5cc(C)ccc5OC(C)(C)[C@H]4O)cc32)C(N)=N1. The number of guanidine groups is 1. The van der Waals surface area contributed by atoms with Crippen molar-refractivity contribution in [2.75, 3.05) is 6.61 Å². The lowest BCUT2D eigenvalue weighted by Gasteiger charge is -2.42. The summed E-state index contributed by atoms with van der Waals surface area (Å²) in [6, 6.07) is 9.85. The van der Waals surface area contributed by atoms with Crippen molar-refractivity contribution in [1.82, 2.24) is 10.2 Å². The van der Waals surface area contributed by atoms with E-state index in [0.717, 1.165) is 11.1 Å². The molecule has 0 unspecified atom stereocenters. The standard InChI is InChI=1S/C29H36N4O5/c1-6-29(5)15-23(34)33(27(30)32-29)20-11-12-37-21-10-8-17(14-18(20)21)26(36)31-24-19-13-16(2)7-9-22(19)38-28(3,4)25(24)35/h7-10,13-14,20,24-25,35H,6,11-12,15H2,1-5H3,(H2,30,32)(H,31,36)/t20-,24-,25+,29-/m1/s1. The Labute approximate surface area is 223 Å². The van der Waals surface area contributed by atoms with Gasteiger partial charge in [0.15, 0.2) is 5.96 Å². The summed E-state index contributed by atoms with van der Waals surface area (Å²) in [5, 5.41) is 14.1. The van der Waals surface area contributed by atoms with Crippen LogP contribution in [0.15, 0.2) is 41.4 Å². The van der Waals surface area contributed by atoms with Crippen LogP contribution < -0.4 is 20.5 Å². The summed E-state index contributed by atoms with van der Waals surface area (Å²) < 4.78 is 11.9. The maximum absolute atomic E-state index is 13.6. The van der Waals surface area contributed by atoms with Gasteiger partial charge in [0.25, 0.3) is 5.91 Å². The summed E-state index contributed by atoms with van der Waals surface area (Å²) in [7, 11) is 0. The monoisotopic (exact) mass is 520 g/mol. The van der Waals surface area contributed by atoms with E-state index in [2.05, 4.69) is 10.3 Å². The third-order valence-electron chi connectivity index (χ3n) is 7.97. The zero-order valence-electron chi connectivity index (χ0n) is 22.6. The predicted octanol–water partition coefficient (Wildman–Crippen LogP) is 3.54. The fraction of sp³-hybridized carbons (Fsp3) is 0.483. The molecule has 2 aromatic rings. The first-order chi connectivity index (χ1) is 17.9. The quantitative estimate of drug-likeness (QED) is 0.566. The van der Waals surface area contributed by atoms with Crippen LogP contribution in [0.25, 0.3) is 0 Å². The minimum atomic E-state index is -0.968. The molecule has 9 heteroatoms. The lowest BCUT2D eigenvalue weighted by Crippen LogP contribution is -2.53. The van der Waals surface area contributed by atoms with Gasteiger partial charge in [0.05, 0.1) is 30.7 Å². The van der Waals surface area contributed by atoms with Crippen molar-refractivity contribution in [3.8, 4) is 11.5 Å². The van der Waals surface area contributed by atoms with E-state index in [1.54, 1.807) is 36.9 Å². The number of hydrogen-bond acceptors (Lipinski definition) is 7. The molecule has 3 heterocycles. The summed E-state index contributed by atoms with van der Waals surface area (Å²) >= 11 is 0. The molecule has 0 radical (unpaired) electrons. The number of fused-ring (bicyclic) bond motifs is 2. The number of aliphatic hydroxyl groups excluding tert-OH is 1. The van der Waals surface area contributed by atoms with E-state index in [1.807, 2.05) is 39.0 Å². The maximum Gasteiger partial charge on any atom is 0.251 e. The first-order valence-electron chi connectivity index (χ1n) is 13.1. The van der Waals surface area contributed by atoms with E-state index in [1.165, 1.54) is 0 Å². The number of carbonyl (C=O) groups is 2. The number of benzene rings is 2. The third kappa shape index (κ3) is 4.49. The van der Waals surface area contributed by atoms with Crippen molar-refractivity contribution < 1.29 is 24.2 Å². The van der Waals surface area contributed by atoms with E-state index >= 15 is 0 Å². The predicted molar refractivity (Wildman–Crippen MR) is 143 cm³/mol. The number of aliphatic imine (C=N–C) groups is 1. The van der Waals surface area contributed by atoms with Crippen LogP contribution in [0.1, 0.15) is 86.1 Å². The van der Waals surface area contributed by atoms with Crippen LogP contribution in [0.2, 0.25) is 0 Å². The largest absolute Gasteiger partial charge is 0.493 e. The molecular formula is C29H36N4O5. The summed E-state index contributed by atoms with van der Waals surface area (Å²) in [6.07, 6.45) is 0.541. The van der Waals surface area contributed by atoms with E-state index in [4.69, 9.17) is 15.2 Å². The number of nitrogens with one attached hydrogen (secondary N) is 1. The van der Waals surface area contributed by atoms with Crippen LogP contribution >= 0.6 is 0 Å². The van der Waals surface area contributed by atoms with Gasteiger partial charge in [-0.25, -0.2) is 4.99 Å². The molecule has 0 saturated carbocycles. The van der Waals surface area contributed by atoms with Crippen LogP contribution in [-0.2, 0) is 4.79 Å². The average Bonchev–Trinajstić information content (AvgIpc) is 2.86. The molecule has 2 aromatic carbocycles. The van der Waals surface area contributed by atoms with Crippen molar-refractivity contribution >= 4 is 17.8 Å². The Kier molecular flexibility index (Phi) is 6.38. The van der Waals surface area contributed by atoms with Gasteiger partial charge in [0.2, 0.25) is 5.91 Å². The normalized spacial score (nSPS) is 27.8. The van der Waals surface area contributed by atoms with Crippen molar-refractivity contribution in [2.24, 2.45) is 10.7 Å². The zero-order valence-corrected chi connectivity index (χ0v) is 22.6. The average molecular weight is 521 g/mol. The molecule has 9 nitrogen and oxygen atoms in total. The van der Waals surface area contributed by atoms with E-state index < -0.39 is 23.3 Å². The van der Waals surface area contributed by atoms with E-state index in [0.29, 0.717) is 42.1 Å². The van der Waals surface area contributed by atoms with Gasteiger partial charge in [-0.3, -0.25) is 14.5 Å². The Morgan fingerprint density at radius 2 is 1.92 bits per heavy atom. The number of nitrogens with two attached hydrogens (primary N) is 1. The van der Waals surface area contributed by atoms with Gasteiger partial charge >= 0.3 is 0 Å².